The van der Waals surface area contributed by atoms with Crippen LogP contribution in [0.4, 0.5) is 0 Å². The quantitative estimate of drug-likeness (QED) is 0.631. The Kier molecular flexibility index (Phi) is 2.52. The van der Waals surface area contributed by atoms with E-state index in [1.165, 1.54) is 0 Å². The summed E-state index contributed by atoms with van der Waals surface area (Å²) in [6, 6.07) is 0. The molecule has 0 unspecified atom stereocenters. The van der Waals surface area contributed by atoms with Gasteiger partial charge in [-0.05, 0) is 40.6 Å². The van der Waals surface area contributed by atoms with Gasteiger partial charge in [-0.1, -0.05) is 0 Å². The summed E-state index contributed by atoms with van der Waals surface area (Å²) in [6.45, 7) is 8.79. The van der Waals surface area contributed by atoms with Crippen molar-refractivity contribution in [3.05, 3.63) is 0 Å². The highest BCUT2D eigenvalue weighted by molar-refractivity contribution is 6.45. The number of nitrogens with two attached hydrogens (primary N) is 1. The van der Waals surface area contributed by atoms with Gasteiger partial charge in [0.2, 0.25) is 0 Å². The molecule has 0 radical (unpaired) electrons. The summed E-state index contributed by atoms with van der Waals surface area (Å²) < 4.78 is 11.4. The summed E-state index contributed by atoms with van der Waals surface area (Å²) >= 11 is 0. The Morgan fingerprint density at radius 2 is 1.50 bits per heavy atom. The lowest BCUT2D eigenvalue weighted by Crippen LogP contribution is -2.41. The molecule has 1 rings (SSSR count). The third kappa shape index (κ3) is 1.65. The highest BCUT2D eigenvalue weighted by Gasteiger charge is 2.50. The second-order valence-electron chi connectivity index (χ2n) is 4.26. The molecule has 3 nitrogen and oxygen atoms in total. The normalized spacial score (nSPS) is 26.2. The molecule has 1 aliphatic heterocycles. The summed E-state index contributed by atoms with van der Waals surface area (Å²) in [7, 11) is -0.125. The topological polar surface area (TPSA) is 44.5 Å². The Morgan fingerprint density at radius 3 is 1.83 bits per heavy atom. The molecule has 0 atom stereocenters. The molecular formula is C8H18BNO2. The predicted octanol–water partition coefficient (Wildman–Crippen LogP) is 1.04. The van der Waals surface area contributed by atoms with Crippen LogP contribution >= 0.6 is 0 Å². The first-order valence-electron chi connectivity index (χ1n) is 4.45. The summed E-state index contributed by atoms with van der Waals surface area (Å²) in [5, 5.41) is 0. The SMILES string of the molecule is CC1(C)OB(CCN)OC1(C)C. The fraction of sp³-hybridized carbons (Fsp3) is 1.00. The molecule has 2 N–H and O–H groups in total. The zero-order valence-corrected chi connectivity index (χ0v) is 8.39. The van der Waals surface area contributed by atoms with Gasteiger partial charge < -0.3 is 15.0 Å². The Labute approximate surface area is 74.7 Å². The molecule has 0 amide bonds. The van der Waals surface area contributed by atoms with E-state index in [0.29, 0.717) is 6.54 Å². The van der Waals surface area contributed by atoms with Crippen molar-refractivity contribution < 1.29 is 9.31 Å². The summed E-state index contributed by atoms with van der Waals surface area (Å²) in [4.78, 5) is 0. The van der Waals surface area contributed by atoms with Crippen LogP contribution < -0.4 is 5.73 Å². The van der Waals surface area contributed by atoms with Crippen LogP contribution in [0.5, 0.6) is 0 Å². The molecule has 0 spiro atoms. The highest BCUT2D eigenvalue weighted by atomic mass is 16.7. The Balaban J connectivity index is 2.61. The lowest BCUT2D eigenvalue weighted by atomic mass is 9.85. The summed E-state index contributed by atoms with van der Waals surface area (Å²) in [6.07, 6.45) is 0.771. The van der Waals surface area contributed by atoms with Crippen LogP contribution in [-0.2, 0) is 9.31 Å². The van der Waals surface area contributed by atoms with Crippen molar-refractivity contribution >= 4 is 7.12 Å². The van der Waals surface area contributed by atoms with Crippen LogP contribution in [-0.4, -0.2) is 24.9 Å². The van der Waals surface area contributed by atoms with Gasteiger partial charge in [-0.25, -0.2) is 0 Å². The standard InChI is InChI=1S/C8H18BNO2/c1-7(2)8(3,4)12-9(11-7)5-6-10/h5-6,10H2,1-4H3. The molecule has 0 bridgehead atoms. The van der Waals surface area contributed by atoms with Crippen molar-refractivity contribution in [2.45, 2.75) is 45.2 Å². The van der Waals surface area contributed by atoms with Crippen molar-refractivity contribution in [3.63, 3.8) is 0 Å². The third-order valence-electron chi connectivity index (χ3n) is 2.70. The highest BCUT2D eigenvalue weighted by Crippen LogP contribution is 2.37. The van der Waals surface area contributed by atoms with Crippen LogP contribution in [0, 0.1) is 0 Å². The number of hydrogen-bond donors (Lipinski definition) is 1. The Morgan fingerprint density at radius 1 is 1.08 bits per heavy atom. The lowest BCUT2D eigenvalue weighted by Gasteiger charge is -2.32. The van der Waals surface area contributed by atoms with E-state index in [-0.39, 0.29) is 18.3 Å². The third-order valence-corrected chi connectivity index (χ3v) is 2.70. The maximum Gasteiger partial charge on any atom is 0.459 e. The molecule has 70 valence electrons. The maximum absolute atomic E-state index is 5.70. The maximum atomic E-state index is 5.70. The van der Waals surface area contributed by atoms with Crippen LogP contribution in [0.25, 0.3) is 0 Å². The van der Waals surface area contributed by atoms with Gasteiger partial charge in [-0.2, -0.15) is 0 Å². The van der Waals surface area contributed by atoms with Crippen molar-refractivity contribution in [2.24, 2.45) is 5.73 Å². The molecule has 0 saturated carbocycles. The van der Waals surface area contributed by atoms with Gasteiger partial charge >= 0.3 is 7.12 Å². The minimum atomic E-state index is -0.215. The van der Waals surface area contributed by atoms with E-state index in [1.807, 2.05) is 27.7 Å². The van der Waals surface area contributed by atoms with Crippen LogP contribution in [0.3, 0.4) is 0 Å². The average Bonchev–Trinajstić information content (AvgIpc) is 2.02. The molecule has 12 heavy (non-hydrogen) atoms. The summed E-state index contributed by atoms with van der Waals surface area (Å²) in [5.41, 5.74) is 4.99. The van der Waals surface area contributed by atoms with E-state index in [4.69, 9.17) is 15.0 Å². The van der Waals surface area contributed by atoms with Crippen LogP contribution in [0.1, 0.15) is 27.7 Å². The zero-order valence-electron chi connectivity index (χ0n) is 8.39. The molecule has 1 saturated heterocycles. The predicted molar refractivity (Wildman–Crippen MR) is 49.9 cm³/mol. The first-order valence-corrected chi connectivity index (χ1v) is 4.45. The van der Waals surface area contributed by atoms with Crippen LogP contribution in [0.2, 0.25) is 6.32 Å². The fourth-order valence-electron chi connectivity index (χ4n) is 1.22. The van der Waals surface area contributed by atoms with Crippen molar-refractivity contribution in [2.75, 3.05) is 6.54 Å². The van der Waals surface area contributed by atoms with Gasteiger partial charge in [0.25, 0.3) is 0 Å². The van der Waals surface area contributed by atoms with E-state index >= 15 is 0 Å². The van der Waals surface area contributed by atoms with Gasteiger partial charge in [-0.3, -0.25) is 0 Å². The molecule has 4 heteroatoms. The van der Waals surface area contributed by atoms with Crippen molar-refractivity contribution in [1.82, 2.24) is 0 Å². The fourth-order valence-corrected chi connectivity index (χ4v) is 1.22. The molecule has 0 aromatic carbocycles. The molecule has 1 heterocycles. The molecule has 1 aliphatic rings. The van der Waals surface area contributed by atoms with Crippen molar-refractivity contribution in [1.29, 1.82) is 0 Å². The second-order valence-corrected chi connectivity index (χ2v) is 4.26. The smallest absolute Gasteiger partial charge is 0.403 e. The largest absolute Gasteiger partial charge is 0.459 e. The van der Waals surface area contributed by atoms with Crippen molar-refractivity contribution in [3.8, 4) is 0 Å². The zero-order chi connectivity index (χ0) is 9.41. The van der Waals surface area contributed by atoms with Gasteiger partial charge in [0.1, 0.15) is 0 Å². The van der Waals surface area contributed by atoms with E-state index in [9.17, 15) is 0 Å². The van der Waals surface area contributed by atoms with Gasteiger partial charge in [-0.15, -0.1) is 0 Å². The molecule has 0 aliphatic carbocycles. The first-order chi connectivity index (χ1) is 5.39. The minimum Gasteiger partial charge on any atom is -0.403 e. The molecule has 0 aromatic heterocycles. The number of rotatable bonds is 2. The molecular weight excluding hydrogens is 153 g/mol. The average molecular weight is 171 g/mol. The minimum absolute atomic E-state index is 0.125. The van der Waals surface area contributed by atoms with Gasteiger partial charge in [0.05, 0.1) is 11.2 Å². The number of hydrogen-bond acceptors (Lipinski definition) is 3. The Bertz CT molecular complexity index is 154. The first kappa shape index (κ1) is 10.0. The lowest BCUT2D eigenvalue weighted by molar-refractivity contribution is 0.00578. The Hall–Kier alpha value is -0.0551. The van der Waals surface area contributed by atoms with E-state index < -0.39 is 0 Å². The molecule has 1 fully saturated rings. The van der Waals surface area contributed by atoms with Gasteiger partial charge in [0.15, 0.2) is 0 Å². The van der Waals surface area contributed by atoms with E-state index in [2.05, 4.69) is 0 Å². The monoisotopic (exact) mass is 171 g/mol. The van der Waals surface area contributed by atoms with E-state index in [1.54, 1.807) is 0 Å². The van der Waals surface area contributed by atoms with Gasteiger partial charge in [0, 0.05) is 0 Å². The molecule has 0 aromatic rings. The van der Waals surface area contributed by atoms with Crippen LogP contribution in [0.15, 0.2) is 0 Å². The van der Waals surface area contributed by atoms with E-state index in [0.717, 1.165) is 6.32 Å². The second kappa shape index (κ2) is 3.02. The summed E-state index contributed by atoms with van der Waals surface area (Å²) in [5.74, 6) is 0.